The predicted molar refractivity (Wildman–Crippen MR) is 52.3 cm³/mol. The van der Waals surface area contributed by atoms with E-state index >= 15 is 0 Å². The summed E-state index contributed by atoms with van der Waals surface area (Å²) in [4.78, 5) is 0. The van der Waals surface area contributed by atoms with Crippen LogP contribution in [0.15, 0.2) is 24.3 Å². The second-order valence-electron chi connectivity index (χ2n) is 3.86. The molecule has 0 radical (unpaired) electrons. The summed E-state index contributed by atoms with van der Waals surface area (Å²) in [6.07, 6.45) is 2.72. The molecule has 0 bridgehead atoms. The molecule has 0 spiro atoms. The van der Waals surface area contributed by atoms with Gasteiger partial charge in [-0.15, -0.1) is 0 Å². The van der Waals surface area contributed by atoms with Crippen LogP contribution in [0, 0.1) is 17.2 Å². The molecule has 1 heteroatoms. The minimum absolute atomic E-state index is 0.633. The number of benzene rings is 1. The van der Waals surface area contributed by atoms with Gasteiger partial charge < -0.3 is 0 Å². The Morgan fingerprint density at radius 2 is 2.23 bits per heavy atom. The van der Waals surface area contributed by atoms with E-state index in [4.69, 9.17) is 5.26 Å². The fourth-order valence-electron chi connectivity index (χ4n) is 1.76. The van der Waals surface area contributed by atoms with E-state index in [0.29, 0.717) is 5.92 Å². The van der Waals surface area contributed by atoms with E-state index in [1.807, 2.05) is 18.2 Å². The van der Waals surface area contributed by atoms with Gasteiger partial charge in [0.05, 0.1) is 11.6 Å². The molecule has 0 aliphatic heterocycles. The molecule has 1 aliphatic rings. The molecule has 0 amide bonds. The quantitative estimate of drug-likeness (QED) is 0.670. The van der Waals surface area contributed by atoms with Crippen LogP contribution in [-0.2, 0) is 0 Å². The smallest absolute Gasteiger partial charge is 0.0991 e. The maximum absolute atomic E-state index is 8.75. The molecule has 0 aromatic heterocycles. The Labute approximate surface area is 79.0 Å². The highest BCUT2D eigenvalue weighted by Crippen LogP contribution is 2.42. The Bertz CT molecular complexity index is 344. The molecule has 1 aromatic rings. The molecular formula is C12H13N. The molecule has 1 aliphatic carbocycles. The maximum atomic E-state index is 8.75. The third-order valence-corrected chi connectivity index (χ3v) is 2.87. The highest BCUT2D eigenvalue weighted by molar-refractivity contribution is 5.34. The Balaban J connectivity index is 2.24. The summed E-state index contributed by atoms with van der Waals surface area (Å²) in [6, 6.07) is 10.2. The number of nitriles is 1. The molecule has 2 rings (SSSR count). The van der Waals surface area contributed by atoms with E-state index in [-0.39, 0.29) is 0 Å². The molecule has 1 fully saturated rings. The molecule has 0 saturated heterocycles. The largest absolute Gasteiger partial charge is 0.192 e. The Morgan fingerprint density at radius 1 is 1.46 bits per heavy atom. The van der Waals surface area contributed by atoms with Crippen LogP contribution in [0.5, 0.6) is 0 Å². The molecule has 13 heavy (non-hydrogen) atoms. The summed E-state index contributed by atoms with van der Waals surface area (Å²) in [5.41, 5.74) is 2.10. The SMILES string of the molecule is CC(c1cccc(C#N)c1)C1CC1. The first-order valence-corrected chi connectivity index (χ1v) is 4.81. The van der Waals surface area contributed by atoms with Gasteiger partial charge in [-0.25, -0.2) is 0 Å². The normalized spacial score (nSPS) is 17.8. The van der Waals surface area contributed by atoms with Gasteiger partial charge in [0.25, 0.3) is 0 Å². The zero-order chi connectivity index (χ0) is 9.26. The van der Waals surface area contributed by atoms with E-state index in [1.54, 1.807) is 0 Å². The van der Waals surface area contributed by atoms with Crippen molar-refractivity contribution in [1.29, 1.82) is 5.26 Å². The minimum atomic E-state index is 0.633. The predicted octanol–water partition coefficient (Wildman–Crippen LogP) is 3.07. The van der Waals surface area contributed by atoms with Crippen LogP contribution < -0.4 is 0 Å². The summed E-state index contributed by atoms with van der Waals surface area (Å²) >= 11 is 0. The lowest BCUT2D eigenvalue weighted by Crippen LogP contribution is -1.95. The van der Waals surface area contributed by atoms with E-state index in [1.165, 1.54) is 18.4 Å². The standard InChI is InChI=1S/C12H13N/c1-9(11-5-6-11)12-4-2-3-10(7-12)8-13/h2-4,7,9,11H,5-6H2,1H3. The van der Waals surface area contributed by atoms with Crippen LogP contribution >= 0.6 is 0 Å². The van der Waals surface area contributed by atoms with Crippen LogP contribution in [0.3, 0.4) is 0 Å². The summed E-state index contributed by atoms with van der Waals surface area (Å²) in [5, 5.41) is 8.75. The van der Waals surface area contributed by atoms with Crippen molar-refractivity contribution in [2.24, 2.45) is 5.92 Å². The van der Waals surface area contributed by atoms with Crippen molar-refractivity contribution >= 4 is 0 Å². The molecule has 1 atom stereocenters. The van der Waals surface area contributed by atoms with E-state index in [0.717, 1.165) is 11.5 Å². The van der Waals surface area contributed by atoms with Crippen molar-refractivity contribution in [3.05, 3.63) is 35.4 Å². The maximum Gasteiger partial charge on any atom is 0.0991 e. The molecule has 1 nitrogen and oxygen atoms in total. The molecular weight excluding hydrogens is 158 g/mol. The first-order chi connectivity index (χ1) is 6.31. The lowest BCUT2D eigenvalue weighted by Gasteiger charge is -2.09. The fourth-order valence-corrected chi connectivity index (χ4v) is 1.76. The second-order valence-corrected chi connectivity index (χ2v) is 3.86. The number of hydrogen-bond donors (Lipinski definition) is 0. The third kappa shape index (κ3) is 1.72. The Hall–Kier alpha value is -1.29. The zero-order valence-electron chi connectivity index (χ0n) is 7.83. The van der Waals surface area contributed by atoms with E-state index in [9.17, 15) is 0 Å². The van der Waals surface area contributed by atoms with Crippen LogP contribution in [0.2, 0.25) is 0 Å². The molecule has 1 unspecified atom stereocenters. The van der Waals surface area contributed by atoms with Gasteiger partial charge in [0.1, 0.15) is 0 Å². The van der Waals surface area contributed by atoms with Crippen molar-refractivity contribution in [3.8, 4) is 6.07 Å². The van der Waals surface area contributed by atoms with Gasteiger partial charge in [0.15, 0.2) is 0 Å². The molecule has 66 valence electrons. The first kappa shape index (κ1) is 8.31. The molecule has 0 N–H and O–H groups in total. The van der Waals surface area contributed by atoms with Gasteiger partial charge >= 0.3 is 0 Å². The van der Waals surface area contributed by atoms with Crippen molar-refractivity contribution in [2.75, 3.05) is 0 Å². The fraction of sp³-hybridized carbons (Fsp3) is 0.417. The Morgan fingerprint density at radius 3 is 2.85 bits per heavy atom. The second kappa shape index (κ2) is 3.22. The van der Waals surface area contributed by atoms with Crippen LogP contribution in [0.1, 0.15) is 36.8 Å². The third-order valence-electron chi connectivity index (χ3n) is 2.87. The zero-order valence-corrected chi connectivity index (χ0v) is 7.83. The minimum Gasteiger partial charge on any atom is -0.192 e. The van der Waals surface area contributed by atoms with Gasteiger partial charge in [-0.3, -0.25) is 0 Å². The molecule has 1 saturated carbocycles. The highest BCUT2D eigenvalue weighted by Gasteiger charge is 2.28. The van der Waals surface area contributed by atoms with Crippen molar-refractivity contribution in [1.82, 2.24) is 0 Å². The summed E-state index contributed by atoms with van der Waals surface area (Å²) in [5.74, 6) is 1.50. The van der Waals surface area contributed by atoms with Gasteiger partial charge in [-0.1, -0.05) is 19.1 Å². The topological polar surface area (TPSA) is 23.8 Å². The lowest BCUT2D eigenvalue weighted by atomic mass is 9.95. The van der Waals surface area contributed by atoms with Crippen LogP contribution in [-0.4, -0.2) is 0 Å². The number of hydrogen-bond acceptors (Lipinski definition) is 1. The summed E-state index contributed by atoms with van der Waals surface area (Å²) < 4.78 is 0. The van der Waals surface area contributed by atoms with Crippen LogP contribution in [0.4, 0.5) is 0 Å². The highest BCUT2D eigenvalue weighted by atomic mass is 14.3. The van der Waals surface area contributed by atoms with Crippen molar-refractivity contribution in [3.63, 3.8) is 0 Å². The van der Waals surface area contributed by atoms with E-state index < -0.39 is 0 Å². The lowest BCUT2D eigenvalue weighted by molar-refractivity contribution is 0.664. The monoisotopic (exact) mass is 171 g/mol. The van der Waals surface area contributed by atoms with Gasteiger partial charge in [-0.05, 0) is 42.4 Å². The van der Waals surface area contributed by atoms with Gasteiger partial charge in [-0.2, -0.15) is 5.26 Å². The van der Waals surface area contributed by atoms with Crippen LogP contribution in [0.25, 0.3) is 0 Å². The van der Waals surface area contributed by atoms with E-state index in [2.05, 4.69) is 19.1 Å². The Kier molecular flexibility index (Phi) is 2.06. The molecule has 0 heterocycles. The van der Waals surface area contributed by atoms with Crippen molar-refractivity contribution < 1.29 is 0 Å². The average Bonchev–Trinajstić information content (AvgIpc) is 3.00. The first-order valence-electron chi connectivity index (χ1n) is 4.81. The summed E-state index contributed by atoms with van der Waals surface area (Å²) in [6.45, 7) is 2.26. The van der Waals surface area contributed by atoms with Gasteiger partial charge in [0.2, 0.25) is 0 Å². The van der Waals surface area contributed by atoms with Gasteiger partial charge in [0, 0.05) is 0 Å². The average molecular weight is 171 g/mol. The molecule has 1 aromatic carbocycles. The van der Waals surface area contributed by atoms with Crippen molar-refractivity contribution in [2.45, 2.75) is 25.7 Å². The number of rotatable bonds is 2. The summed E-state index contributed by atoms with van der Waals surface area (Å²) in [7, 11) is 0. The number of nitrogens with zero attached hydrogens (tertiary/aromatic N) is 1.